The average molecular weight is 195 g/mol. The molecule has 0 spiro atoms. The van der Waals surface area contributed by atoms with Gasteiger partial charge in [0.25, 0.3) is 0 Å². The van der Waals surface area contributed by atoms with Gasteiger partial charge in [-0.15, -0.1) is 12.1 Å². The third-order valence-electron chi connectivity index (χ3n) is 1.93. The van der Waals surface area contributed by atoms with Crippen LogP contribution in [0.3, 0.4) is 0 Å². The Morgan fingerprint density at radius 3 is 2.08 bits per heavy atom. The number of ether oxygens (including phenoxy) is 1. The zero-order valence-electron chi connectivity index (χ0n) is 8.19. The summed E-state index contributed by atoms with van der Waals surface area (Å²) >= 11 is 0. The van der Waals surface area contributed by atoms with Crippen molar-refractivity contribution in [2.45, 2.75) is 26.9 Å². The van der Waals surface area contributed by atoms with E-state index in [4.69, 9.17) is 4.74 Å². The second-order valence-corrected chi connectivity index (χ2v) is 3.49. The standard InChI is InChI=1S/C8H15BF3O/c1-6(2)8(4)13-5-7(3)9(10,11)12/h6,8H,3,5H2,1-2,4H3/q-1. The molecule has 0 aliphatic rings. The SMILES string of the molecule is C=C(COC(C)C(C)C)[B-](F)(F)F. The van der Waals surface area contributed by atoms with Gasteiger partial charge in [0.05, 0.1) is 6.10 Å². The van der Waals surface area contributed by atoms with Crippen molar-refractivity contribution in [3.05, 3.63) is 12.1 Å². The molecule has 0 saturated heterocycles. The van der Waals surface area contributed by atoms with Crippen molar-refractivity contribution in [2.75, 3.05) is 6.61 Å². The van der Waals surface area contributed by atoms with Crippen LogP contribution in [0.15, 0.2) is 12.1 Å². The van der Waals surface area contributed by atoms with Gasteiger partial charge in [0.1, 0.15) is 0 Å². The first-order chi connectivity index (χ1) is 5.75. The minimum atomic E-state index is -4.94. The molecule has 78 valence electrons. The Labute approximate surface area is 77.0 Å². The molecule has 0 heterocycles. The summed E-state index contributed by atoms with van der Waals surface area (Å²) in [5.41, 5.74) is -0.771. The van der Waals surface area contributed by atoms with E-state index in [0.29, 0.717) is 0 Å². The highest BCUT2D eigenvalue weighted by atomic mass is 19.4. The second kappa shape index (κ2) is 4.70. The quantitative estimate of drug-likeness (QED) is 0.612. The van der Waals surface area contributed by atoms with Crippen molar-refractivity contribution in [1.82, 2.24) is 0 Å². The molecule has 0 bridgehead atoms. The maximum atomic E-state index is 12.0. The lowest BCUT2D eigenvalue weighted by Crippen LogP contribution is -2.25. The summed E-state index contributed by atoms with van der Waals surface area (Å²) in [4.78, 5) is 0. The largest absolute Gasteiger partial charge is 0.507 e. The molecule has 0 fully saturated rings. The smallest absolute Gasteiger partial charge is 0.445 e. The predicted octanol–water partition coefficient (Wildman–Crippen LogP) is 2.99. The van der Waals surface area contributed by atoms with E-state index < -0.39 is 19.1 Å². The van der Waals surface area contributed by atoms with E-state index >= 15 is 0 Å². The fourth-order valence-electron chi connectivity index (χ4n) is 0.525. The van der Waals surface area contributed by atoms with Gasteiger partial charge in [-0.3, -0.25) is 0 Å². The van der Waals surface area contributed by atoms with Gasteiger partial charge in [-0.2, -0.15) is 0 Å². The van der Waals surface area contributed by atoms with Crippen molar-refractivity contribution in [2.24, 2.45) is 5.92 Å². The summed E-state index contributed by atoms with van der Waals surface area (Å²) in [5, 5.41) is 0. The maximum absolute atomic E-state index is 12.0. The molecule has 0 N–H and O–H groups in total. The third-order valence-corrected chi connectivity index (χ3v) is 1.93. The molecule has 0 aliphatic heterocycles. The highest BCUT2D eigenvalue weighted by Gasteiger charge is 2.27. The molecule has 0 saturated carbocycles. The minimum Gasteiger partial charge on any atom is -0.445 e. The molecule has 1 nitrogen and oxygen atoms in total. The number of halogens is 3. The third kappa shape index (κ3) is 4.98. The van der Waals surface area contributed by atoms with E-state index in [9.17, 15) is 12.9 Å². The fourth-order valence-corrected chi connectivity index (χ4v) is 0.525. The van der Waals surface area contributed by atoms with E-state index in [1.807, 2.05) is 13.8 Å². The lowest BCUT2D eigenvalue weighted by molar-refractivity contribution is 0.0514. The summed E-state index contributed by atoms with van der Waals surface area (Å²) in [5.74, 6) is 0.216. The molecule has 0 amide bonds. The molecule has 0 aromatic heterocycles. The molecule has 5 heteroatoms. The molecule has 0 radical (unpaired) electrons. The zero-order valence-corrected chi connectivity index (χ0v) is 8.19. The summed E-state index contributed by atoms with van der Waals surface area (Å²) in [6.45, 7) is 3.12. The fraction of sp³-hybridized carbons (Fsp3) is 0.750. The van der Waals surface area contributed by atoms with Gasteiger partial charge in [-0.05, 0) is 12.8 Å². The van der Waals surface area contributed by atoms with Gasteiger partial charge in [-0.1, -0.05) is 13.8 Å². The highest BCUT2D eigenvalue weighted by Crippen LogP contribution is 2.19. The van der Waals surface area contributed by atoms with Gasteiger partial charge in [-0.25, -0.2) is 0 Å². The van der Waals surface area contributed by atoms with Crippen LogP contribution in [0.5, 0.6) is 0 Å². The van der Waals surface area contributed by atoms with Gasteiger partial charge < -0.3 is 17.7 Å². The van der Waals surface area contributed by atoms with Crippen molar-refractivity contribution in [1.29, 1.82) is 0 Å². The van der Waals surface area contributed by atoms with Crippen LogP contribution in [-0.2, 0) is 4.74 Å². The summed E-state index contributed by atoms with van der Waals surface area (Å²) in [7, 11) is 0. The molecular formula is C8H15BF3O-. The molecule has 13 heavy (non-hydrogen) atoms. The number of rotatable bonds is 5. The van der Waals surface area contributed by atoms with Crippen LogP contribution in [0.25, 0.3) is 0 Å². The Hall–Kier alpha value is -0.445. The zero-order chi connectivity index (χ0) is 10.6. The molecule has 1 unspecified atom stereocenters. The Kier molecular flexibility index (Phi) is 4.54. The Morgan fingerprint density at radius 1 is 1.31 bits per heavy atom. The van der Waals surface area contributed by atoms with Crippen LogP contribution in [-0.4, -0.2) is 19.7 Å². The summed E-state index contributed by atoms with van der Waals surface area (Å²) in [6.07, 6.45) is -0.171. The summed E-state index contributed by atoms with van der Waals surface area (Å²) in [6, 6.07) is 0. The van der Waals surface area contributed by atoms with Crippen LogP contribution < -0.4 is 0 Å². The van der Waals surface area contributed by atoms with Crippen molar-refractivity contribution in [3.63, 3.8) is 0 Å². The van der Waals surface area contributed by atoms with Crippen LogP contribution in [0.1, 0.15) is 20.8 Å². The lowest BCUT2D eigenvalue weighted by atomic mass is 9.81. The topological polar surface area (TPSA) is 9.23 Å². The van der Waals surface area contributed by atoms with Crippen molar-refractivity contribution >= 4 is 6.98 Å². The molecule has 0 aromatic rings. The van der Waals surface area contributed by atoms with Crippen molar-refractivity contribution in [3.8, 4) is 0 Å². The molecule has 0 aromatic carbocycles. The Bertz CT molecular complexity index is 177. The van der Waals surface area contributed by atoms with Crippen LogP contribution in [0.4, 0.5) is 12.9 Å². The van der Waals surface area contributed by atoms with Gasteiger partial charge in [0.15, 0.2) is 0 Å². The molecule has 0 rings (SSSR count). The second-order valence-electron chi connectivity index (χ2n) is 3.49. The Balaban J connectivity index is 3.84. The van der Waals surface area contributed by atoms with E-state index in [1.54, 1.807) is 6.92 Å². The van der Waals surface area contributed by atoms with E-state index in [0.717, 1.165) is 0 Å². The van der Waals surface area contributed by atoms with E-state index in [-0.39, 0.29) is 12.0 Å². The first-order valence-electron chi connectivity index (χ1n) is 4.24. The molecule has 0 aliphatic carbocycles. The van der Waals surface area contributed by atoms with Crippen LogP contribution >= 0.6 is 0 Å². The van der Waals surface area contributed by atoms with Gasteiger partial charge in [0.2, 0.25) is 0 Å². The average Bonchev–Trinajstić information content (AvgIpc) is 1.97. The van der Waals surface area contributed by atoms with Crippen molar-refractivity contribution < 1.29 is 17.7 Å². The number of hydrogen-bond donors (Lipinski definition) is 0. The lowest BCUT2D eigenvalue weighted by Gasteiger charge is -2.22. The molecular weight excluding hydrogens is 180 g/mol. The maximum Gasteiger partial charge on any atom is 0.507 e. The first kappa shape index (κ1) is 12.6. The number of hydrogen-bond acceptors (Lipinski definition) is 1. The molecule has 1 atom stereocenters. The van der Waals surface area contributed by atoms with E-state index in [1.165, 1.54) is 0 Å². The normalized spacial score (nSPS) is 14.7. The summed E-state index contributed by atoms with van der Waals surface area (Å²) < 4.78 is 40.9. The minimum absolute atomic E-state index is 0.171. The van der Waals surface area contributed by atoms with Crippen LogP contribution in [0.2, 0.25) is 0 Å². The first-order valence-corrected chi connectivity index (χ1v) is 4.24. The predicted molar refractivity (Wildman–Crippen MR) is 48.5 cm³/mol. The van der Waals surface area contributed by atoms with E-state index in [2.05, 4.69) is 6.58 Å². The van der Waals surface area contributed by atoms with Crippen LogP contribution in [0, 0.1) is 5.92 Å². The van der Waals surface area contributed by atoms with Gasteiger partial charge >= 0.3 is 6.98 Å². The monoisotopic (exact) mass is 195 g/mol. The highest BCUT2D eigenvalue weighted by molar-refractivity contribution is 6.66. The Morgan fingerprint density at radius 2 is 1.77 bits per heavy atom. The van der Waals surface area contributed by atoms with Gasteiger partial charge in [0, 0.05) is 6.61 Å².